The van der Waals surface area contributed by atoms with E-state index in [0.717, 1.165) is 5.69 Å². The first-order valence-electron chi connectivity index (χ1n) is 9.33. The van der Waals surface area contributed by atoms with Crippen LogP contribution in [0.25, 0.3) is 5.69 Å². The molecule has 9 heteroatoms. The number of nitrogens with zero attached hydrogens (tertiary/aromatic N) is 4. The highest BCUT2D eigenvalue weighted by Gasteiger charge is 2.35. The summed E-state index contributed by atoms with van der Waals surface area (Å²) in [4.78, 5) is 18.6. The van der Waals surface area contributed by atoms with Gasteiger partial charge >= 0.3 is 6.33 Å². The molecule has 29 heavy (non-hydrogen) atoms. The van der Waals surface area contributed by atoms with Gasteiger partial charge in [-0.15, -0.1) is 4.68 Å². The molecule has 0 spiro atoms. The molecule has 1 aliphatic rings. The first-order valence-corrected chi connectivity index (χ1v) is 10.8. The van der Waals surface area contributed by atoms with Gasteiger partial charge in [-0.1, -0.05) is 18.2 Å². The fourth-order valence-corrected chi connectivity index (χ4v) is 5.14. The number of amides is 1. The summed E-state index contributed by atoms with van der Waals surface area (Å²) in [6, 6.07) is 15.4. The Kier molecular flexibility index (Phi) is 5.16. The molecule has 8 nitrogen and oxygen atoms in total. The van der Waals surface area contributed by atoms with E-state index in [1.165, 1.54) is 4.31 Å². The second-order valence-electron chi connectivity index (χ2n) is 6.97. The van der Waals surface area contributed by atoms with Crippen molar-refractivity contribution in [2.75, 3.05) is 19.6 Å². The highest BCUT2D eigenvalue weighted by Crippen LogP contribution is 2.22. The van der Waals surface area contributed by atoms with Gasteiger partial charge in [0.25, 0.3) is 5.91 Å². The van der Waals surface area contributed by atoms with Crippen LogP contribution in [0.5, 0.6) is 0 Å². The topological polar surface area (TPSA) is 90.2 Å². The minimum Gasteiger partial charge on any atom is -0.336 e. The van der Waals surface area contributed by atoms with Crippen LogP contribution < -0.4 is 4.68 Å². The first kappa shape index (κ1) is 19.3. The van der Waals surface area contributed by atoms with E-state index in [0.29, 0.717) is 18.7 Å². The van der Waals surface area contributed by atoms with E-state index >= 15 is 0 Å². The molecule has 1 aliphatic heterocycles. The lowest BCUT2D eigenvalue weighted by Crippen LogP contribution is -2.55. The zero-order chi connectivity index (χ0) is 20.4. The molecule has 3 aromatic rings. The lowest BCUT2D eigenvalue weighted by molar-refractivity contribution is -0.656. The molecule has 1 amide bonds. The Hall–Kier alpha value is -3.04. The van der Waals surface area contributed by atoms with Gasteiger partial charge in [-0.05, 0) is 48.3 Å². The van der Waals surface area contributed by atoms with Gasteiger partial charge in [0, 0.05) is 31.2 Å². The van der Waals surface area contributed by atoms with Crippen molar-refractivity contribution >= 4 is 15.9 Å². The van der Waals surface area contributed by atoms with Crippen LogP contribution in [0.4, 0.5) is 0 Å². The van der Waals surface area contributed by atoms with Crippen molar-refractivity contribution in [1.29, 1.82) is 0 Å². The van der Waals surface area contributed by atoms with E-state index < -0.39 is 10.0 Å². The number of sulfonamides is 1. The predicted molar refractivity (Wildman–Crippen MR) is 106 cm³/mol. The van der Waals surface area contributed by atoms with E-state index in [9.17, 15) is 13.2 Å². The van der Waals surface area contributed by atoms with Crippen LogP contribution >= 0.6 is 0 Å². The molecule has 0 radical (unpaired) electrons. The molecule has 1 N–H and O–H groups in total. The van der Waals surface area contributed by atoms with Crippen molar-refractivity contribution in [2.24, 2.45) is 0 Å². The number of H-pyrrole nitrogens is 1. The summed E-state index contributed by atoms with van der Waals surface area (Å²) in [6.45, 7) is 2.81. The molecule has 1 atom stereocenters. The fourth-order valence-electron chi connectivity index (χ4n) is 3.53. The Morgan fingerprint density at radius 3 is 2.45 bits per heavy atom. The van der Waals surface area contributed by atoms with Gasteiger partial charge in [-0.25, -0.2) is 8.42 Å². The van der Waals surface area contributed by atoms with Crippen LogP contribution in [0, 0.1) is 0 Å². The summed E-state index contributed by atoms with van der Waals surface area (Å²) >= 11 is 0. The maximum atomic E-state index is 13.1. The van der Waals surface area contributed by atoms with E-state index in [2.05, 4.69) is 10.1 Å². The fraction of sp³-hybridized carbons (Fsp3) is 0.250. The second-order valence-corrected chi connectivity index (χ2v) is 8.86. The Labute approximate surface area is 169 Å². The van der Waals surface area contributed by atoms with E-state index in [-0.39, 0.29) is 23.4 Å². The Balaban J connectivity index is 1.49. The first-order chi connectivity index (χ1) is 14.0. The summed E-state index contributed by atoms with van der Waals surface area (Å²) < 4.78 is 29.4. The molecule has 0 aliphatic carbocycles. The number of rotatable bonds is 4. The third-order valence-corrected chi connectivity index (χ3v) is 7.08. The largest absolute Gasteiger partial charge is 0.336 e. The smallest absolute Gasteiger partial charge is 0.312 e. The van der Waals surface area contributed by atoms with Crippen LogP contribution in [0.15, 0.2) is 72.1 Å². The van der Waals surface area contributed by atoms with Crippen LogP contribution in [0.3, 0.4) is 0 Å². The van der Waals surface area contributed by atoms with Crippen molar-refractivity contribution in [3.05, 3.63) is 72.8 Å². The molecular weight excluding hydrogens is 390 g/mol. The highest BCUT2D eigenvalue weighted by molar-refractivity contribution is 7.89. The van der Waals surface area contributed by atoms with E-state index in [4.69, 9.17) is 0 Å². The Morgan fingerprint density at radius 1 is 1.10 bits per heavy atom. The minimum atomic E-state index is -3.65. The average molecular weight is 412 g/mol. The summed E-state index contributed by atoms with van der Waals surface area (Å²) in [5.41, 5.74) is 1.40. The van der Waals surface area contributed by atoms with Gasteiger partial charge in [0.2, 0.25) is 16.4 Å². The van der Waals surface area contributed by atoms with Crippen molar-refractivity contribution < 1.29 is 17.9 Å². The standard InChI is InChI=1S/C20H21N5O3S/c1-16-13-23(20(26)17-5-3-2-4-6-17)11-12-25(16)29(27,28)19-9-7-18(8-10-19)24-15-21-14-22-24/h2-10,14-16H,11-13H2,1H3/p+1. The summed E-state index contributed by atoms with van der Waals surface area (Å²) in [6.07, 6.45) is 3.15. The number of aromatic nitrogens is 3. The molecule has 0 saturated carbocycles. The molecular formula is C20H22N5O3S+. The van der Waals surface area contributed by atoms with Gasteiger partial charge < -0.3 is 4.90 Å². The number of piperazine rings is 1. The summed E-state index contributed by atoms with van der Waals surface area (Å²) in [5, 5.41) is 2.92. The quantitative estimate of drug-likeness (QED) is 0.653. The maximum absolute atomic E-state index is 13.1. The SMILES string of the molecule is CC1CN(C(=O)c2ccccc2)CCN1S(=O)(=O)c1ccc(-[n+]2cnc[nH]2)cc1. The molecule has 2 aromatic carbocycles. The molecule has 4 rings (SSSR count). The number of carbonyl (C=O) groups is 1. The number of aromatic amines is 1. The van der Waals surface area contributed by atoms with Crippen molar-refractivity contribution in [3.8, 4) is 5.69 Å². The number of nitrogens with one attached hydrogen (secondary N) is 1. The van der Waals surface area contributed by atoms with Gasteiger partial charge in [0.15, 0.2) is 5.69 Å². The monoisotopic (exact) mass is 412 g/mol. The van der Waals surface area contributed by atoms with Crippen LogP contribution in [-0.4, -0.2) is 59.3 Å². The molecule has 1 aromatic heterocycles. The third-order valence-electron chi connectivity index (χ3n) is 5.05. The van der Waals surface area contributed by atoms with E-state index in [1.54, 1.807) is 58.6 Å². The molecule has 1 fully saturated rings. The maximum Gasteiger partial charge on any atom is 0.312 e. The lowest BCUT2D eigenvalue weighted by atomic mass is 10.1. The summed E-state index contributed by atoms with van der Waals surface area (Å²) in [5.74, 6) is -0.0737. The molecule has 150 valence electrons. The minimum absolute atomic E-state index is 0.0737. The van der Waals surface area contributed by atoms with Gasteiger partial charge in [-0.3, -0.25) is 4.79 Å². The number of benzene rings is 2. The van der Waals surface area contributed by atoms with Gasteiger partial charge in [0.1, 0.15) is 0 Å². The van der Waals surface area contributed by atoms with Crippen molar-refractivity contribution in [1.82, 2.24) is 19.3 Å². The van der Waals surface area contributed by atoms with Crippen LogP contribution in [0.2, 0.25) is 0 Å². The number of hydrogen-bond acceptors (Lipinski definition) is 4. The highest BCUT2D eigenvalue weighted by atomic mass is 32.2. The summed E-state index contributed by atoms with van der Waals surface area (Å²) in [7, 11) is -3.65. The van der Waals surface area contributed by atoms with Crippen molar-refractivity contribution in [3.63, 3.8) is 0 Å². The van der Waals surface area contributed by atoms with Crippen LogP contribution in [0.1, 0.15) is 17.3 Å². The van der Waals surface area contributed by atoms with Gasteiger partial charge in [0.05, 0.1) is 4.90 Å². The number of carbonyl (C=O) groups excluding carboxylic acids is 1. The average Bonchev–Trinajstić information content (AvgIpc) is 3.28. The van der Waals surface area contributed by atoms with Gasteiger partial charge in [-0.2, -0.15) is 9.40 Å². The molecule has 2 heterocycles. The normalized spacial score (nSPS) is 18.0. The third kappa shape index (κ3) is 3.79. The molecule has 1 unspecified atom stereocenters. The second kappa shape index (κ2) is 7.76. The Bertz CT molecular complexity index is 1080. The van der Waals surface area contributed by atoms with E-state index in [1.807, 2.05) is 25.1 Å². The predicted octanol–water partition coefficient (Wildman–Crippen LogP) is 1.22. The van der Waals surface area contributed by atoms with Crippen LogP contribution in [-0.2, 0) is 10.0 Å². The molecule has 0 bridgehead atoms. The number of hydrogen-bond donors (Lipinski definition) is 1. The molecule has 1 saturated heterocycles. The zero-order valence-corrected chi connectivity index (χ0v) is 16.8. The zero-order valence-electron chi connectivity index (χ0n) is 16.0. The van der Waals surface area contributed by atoms with Crippen molar-refractivity contribution in [2.45, 2.75) is 17.9 Å². The Morgan fingerprint density at radius 2 is 1.83 bits per heavy atom. The lowest BCUT2D eigenvalue weighted by Gasteiger charge is -2.39.